The summed E-state index contributed by atoms with van der Waals surface area (Å²) in [5, 5.41) is 7.12. The van der Waals surface area contributed by atoms with Gasteiger partial charge in [-0.3, -0.25) is 9.78 Å². The number of morpholine rings is 1. The first kappa shape index (κ1) is 23.7. The first-order valence-electron chi connectivity index (χ1n) is 10.0. The van der Waals surface area contributed by atoms with Crippen LogP contribution >= 0.6 is 0 Å². The number of fused-ring (bicyclic) bond motifs is 1. The normalized spacial score (nSPS) is 22.6. The van der Waals surface area contributed by atoms with E-state index in [-0.39, 0.29) is 24.2 Å². The minimum Gasteiger partial charge on any atom is -0.475 e. The van der Waals surface area contributed by atoms with Crippen LogP contribution in [-0.2, 0) is 27.9 Å². The molecule has 2 fully saturated rings. The number of carbonyl (C=O) groups excluding carboxylic acids is 1. The quantitative estimate of drug-likeness (QED) is 0.762. The van der Waals surface area contributed by atoms with Gasteiger partial charge < -0.3 is 24.0 Å². The van der Waals surface area contributed by atoms with E-state index in [2.05, 4.69) is 4.98 Å². The summed E-state index contributed by atoms with van der Waals surface area (Å²) in [4.78, 5) is 27.9. The topological polar surface area (TPSA) is 93.9 Å². The number of nitrogens with zero attached hydrogens (tertiary/aromatic N) is 3. The largest absolute Gasteiger partial charge is 0.490 e. The van der Waals surface area contributed by atoms with Gasteiger partial charge in [-0.1, -0.05) is 6.07 Å². The summed E-state index contributed by atoms with van der Waals surface area (Å²) in [7, 11) is 1.90. The van der Waals surface area contributed by atoms with Gasteiger partial charge in [0.05, 0.1) is 25.4 Å². The second-order valence-corrected chi connectivity index (χ2v) is 7.50. The van der Waals surface area contributed by atoms with Crippen LogP contribution in [0.25, 0.3) is 0 Å². The number of carboxylic acid groups (broad SMARTS) is 1. The number of pyridine rings is 1. The van der Waals surface area contributed by atoms with Gasteiger partial charge in [0.2, 0.25) is 0 Å². The molecule has 1 saturated carbocycles. The second kappa shape index (κ2) is 10.1. The number of carbonyl (C=O) groups is 2. The number of hydrogen-bond donors (Lipinski definition) is 1. The van der Waals surface area contributed by atoms with Crippen molar-refractivity contribution >= 4 is 11.9 Å². The summed E-state index contributed by atoms with van der Waals surface area (Å²) in [5.41, 5.74) is 1.78. The maximum atomic E-state index is 12.9. The Kier molecular flexibility index (Phi) is 7.52. The van der Waals surface area contributed by atoms with Gasteiger partial charge in [0.25, 0.3) is 5.91 Å². The average Bonchev–Trinajstić information content (AvgIpc) is 3.38. The minimum absolute atomic E-state index is 0.0224. The third-order valence-electron chi connectivity index (χ3n) is 5.39. The summed E-state index contributed by atoms with van der Waals surface area (Å²) in [5.74, 6) is -2.67. The van der Waals surface area contributed by atoms with Crippen molar-refractivity contribution in [3.8, 4) is 0 Å². The lowest BCUT2D eigenvalue weighted by Crippen LogP contribution is -2.54. The van der Waals surface area contributed by atoms with E-state index in [1.54, 1.807) is 6.20 Å². The molecule has 0 aromatic carbocycles. The molecule has 1 amide bonds. The molecule has 3 atom stereocenters. The third kappa shape index (κ3) is 5.65. The standard InChI is InChI=1S/C19H23N3O3.C2HF3O2/c1-21-9-3-5-16(21)19(23)22-10-11-24-18-15(22)6-7-17(18)25-13-14-4-2-8-20-12-14;3-2(4,5)1(6)7/h2-5,8-9,12,15,17-18H,6-7,10-11,13H2,1H3;(H,6,7)/t15-,17+,18+;/m0./s1. The van der Waals surface area contributed by atoms with Crippen molar-refractivity contribution in [2.24, 2.45) is 7.05 Å². The molecule has 11 heteroatoms. The predicted molar refractivity (Wildman–Crippen MR) is 106 cm³/mol. The molecule has 1 aliphatic heterocycles. The van der Waals surface area contributed by atoms with Crippen molar-refractivity contribution in [3.05, 3.63) is 54.1 Å². The summed E-state index contributed by atoms with van der Waals surface area (Å²) >= 11 is 0. The maximum Gasteiger partial charge on any atom is 0.490 e. The fourth-order valence-corrected chi connectivity index (χ4v) is 3.86. The summed E-state index contributed by atoms with van der Waals surface area (Å²) < 4.78 is 45.7. The third-order valence-corrected chi connectivity index (χ3v) is 5.39. The molecule has 32 heavy (non-hydrogen) atoms. The van der Waals surface area contributed by atoms with E-state index in [0.29, 0.717) is 19.8 Å². The molecular weight excluding hydrogens is 431 g/mol. The van der Waals surface area contributed by atoms with E-state index in [1.165, 1.54) is 0 Å². The lowest BCUT2D eigenvalue weighted by Gasteiger charge is -2.39. The van der Waals surface area contributed by atoms with Crippen LogP contribution in [0.2, 0.25) is 0 Å². The predicted octanol–water partition coefficient (Wildman–Crippen LogP) is 2.64. The summed E-state index contributed by atoms with van der Waals surface area (Å²) in [6, 6.07) is 7.78. The zero-order chi connectivity index (χ0) is 23.3. The lowest BCUT2D eigenvalue weighted by atomic mass is 10.1. The van der Waals surface area contributed by atoms with E-state index in [0.717, 1.165) is 24.1 Å². The number of hydrogen-bond acceptors (Lipinski definition) is 5. The Morgan fingerprint density at radius 3 is 2.62 bits per heavy atom. The highest BCUT2D eigenvalue weighted by Gasteiger charge is 2.45. The van der Waals surface area contributed by atoms with E-state index >= 15 is 0 Å². The maximum absolute atomic E-state index is 12.9. The Labute approximate surface area is 182 Å². The van der Waals surface area contributed by atoms with Crippen LogP contribution in [0.3, 0.4) is 0 Å². The molecule has 8 nitrogen and oxygen atoms in total. The van der Waals surface area contributed by atoms with Crippen LogP contribution in [-0.4, -0.2) is 69.0 Å². The number of alkyl halides is 3. The van der Waals surface area contributed by atoms with Gasteiger partial charge in [-0.25, -0.2) is 4.79 Å². The van der Waals surface area contributed by atoms with Crippen molar-refractivity contribution < 1.29 is 37.3 Å². The molecule has 0 spiro atoms. The molecular formula is C21H24F3N3O5. The minimum atomic E-state index is -5.08. The first-order chi connectivity index (χ1) is 15.2. The van der Waals surface area contributed by atoms with Crippen molar-refractivity contribution in [2.75, 3.05) is 13.2 Å². The van der Waals surface area contributed by atoms with Gasteiger partial charge in [0.15, 0.2) is 0 Å². The molecule has 1 N–H and O–H groups in total. The van der Waals surface area contributed by atoms with Crippen LogP contribution in [0, 0.1) is 0 Å². The summed E-state index contributed by atoms with van der Waals surface area (Å²) in [6.45, 7) is 1.72. The van der Waals surface area contributed by atoms with Gasteiger partial charge >= 0.3 is 12.1 Å². The fraction of sp³-hybridized carbons (Fsp3) is 0.476. The number of halogens is 3. The van der Waals surface area contributed by atoms with Crippen LogP contribution in [0.1, 0.15) is 28.9 Å². The van der Waals surface area contributed by atoms with E-state index in [4.69, 9.17) is 19.4 Å². The van der Waals surface area contributed by atoms with Crippen molar-refractivity contribution in [3.63, 3.8) is 0 Å². The second-order valence-electron chi connectivity index (χ2n) is 7.50. The van der Waals surface area contributed by atoms with E-state index in [9.17, 15) is 18.0 Å². The highest BCUT2D eigenvalue weighted by molar-refractivity contribution is 5.93. The number of carboxylic acids is 1. The van der Waals surface area contributed by atoms with Crippen LogP contribution in [0.15, 0.2) is 42.9 Å². The molecule has 1 aliphatic carbocycles. The Morgan fingerprint density at radius 1 is 1.28 bits per heavy atom. The zero-order valence-corrected chi connectivity index (χ0v) is 17.4. The van der Waals surface area contributed by atoms with E-state index < -0.39 is 12.1 Å². The molecule has 0 radical (unpaired) electrons. The highest BCUT2D eigenvalue weighted by atomic mass is 19.4. The molecule has 2 aromatic rings. The van der Waals surface area contributed by atoms with Gasteiger partial charge in [0, 0.05) is 32.2 Å². The molecule has 1 saturated heterocycles. The molecule has 4 rings (SSSR count). The number of rotatable bonds is 4. The number of ether oxygens (including phenoxy) is 2. The van der Waals surface area contributed by atoms with E-state index in [1.807, 2.05) is 53.2 Å². The Balaban J connectivity index is 0.000000360. The SMILES string of the molecule is Cn1cccc1C(=O)N1CCO[C@H]2[C@H](OCc3cccnc3)CC[C@@H]21.O=C(O)C(F)(F)F. The number of aliphatic carboxylic acids is 1. The van der Waals surface area contributed by atoms with Crippen LogP contribution in [0.4, 0.5) is 13.2 Å². The fourth-order valence-electron chi connectivity index (χ4n) is 3.86. The lowest BCUT2D eigenvalue weighted by molar-refractivity contribution is -0.192. The van der Waals surface area contributed by atoms with Crippen LogP contribution < -0.4 is 0 Å². The average molecular weight is 455 g/mol. The molecule has 0 unspecified atom stereocenters. The number of aryl methyl sites for hydroxylation is 1. The van der Waals surface area contributed by atoms with Gasteiger partial charge in [-0.15, -0.1) is 0 Å². The Morgan fingerprint density at radius 2 is 2.03 bits per heavy atom. The van der Waals surface area contributed by atoms with Crippen LogP contribution in [0.5, 0.6) is 0 Å². The molecule has 174 valence electrons. The van der Waals surface area contributed by atoms with Crippen molar-refractivity contribution in [1.29, 1.82) is 0 Å². The molecule has 2 aromatic heterocycles. The van der Waals surface area contributed by atoms with Gasteiger partial charge in [-0.05, 0) is 36.6 Å². The van der Waals surface area contributed by atoms with Gasteiger partial charge in [0.1, 0.15) is 11.8 Å². The Bertz CT molecular complexity index is 919. The first-order valence-corrected chi connectivity index (χ1v) is 10.0. The smallest absolute Gasteiger partial charge is 0.475 e. The number of aromatic nitrogens is 2. The molecule has 2 aliphatic rings. The van der Waals surface area contributed by atoms with Crippen molar-refractivity contribution in [1.82, 2.24) is 14.5 Å². The number of amides is 1. The molecule has 0 bridgehead atoms. The molecule has 3 heterocycles. The van der Waals surface area contributed by atoms with Gasteiger partial charge in [-0.2, -0.15) is 13.2 Å². The highest BCUT2D eigenvalue weighted by Crippen LogP contribution is 2.33. The Hall–Kier alpha value is -2.92. The summed E-state index contributed by atoms with van der Waals surface area (Å²) in [6.07, 6.45) is 2.19. The van der Waals surface area contributed by atoms with Crippen molar-refractivity contribution in [2.45, 2.75) is 43.9 Å². The zero-order valence-electron chi connectivity index (χ0n) is 17.4. The monoisotopic (exact) mass is 455 g/mol.